The molecule has 0 unspecified atom stereocenters. The van der Waals surface area contributed by atoms with Crippen molar-refractivity contribution in [2.75, 3.05) is 6.61 Å². The molecule has 2 aliphatic heterocycles. The van der Waals surface area contributed by atoms with E-state index >= 15 is 0 Å². The Hall–Kier alpha value is -2.71. The second-order valence-electron chi connectivity index (χ2n) is 13.5. The zero-order valence-electron chi connectivity index (χ0n) is 25.1. The lowest BCUT2D eigenvalue weighted by molar-refractivity contribution is -0.249. The number of rotatable bonds is 6. The Bertz CT molecular complexity index is 1310. The van der Waals surface area contributed by atoms with E-state index in [9.17, 15) is 14.4 Å². The van der Waals surface area contributed by atoms with Crippen LogP contribution in [0.5, 0.6) is 0 Å². The number of furan rings is 1. The summed E-state index contributed by atoms with van der Waals surface area (Å²) in [5.41, 5.74) is 2.43. The predicted molar refractivity (Wildman–Crippen MR) is 149 cm³/mol. The van der Waals surface area contributed by atoms with E-state index < -0.39 is 34.4 Å². The largest absolute Gasteiger partial charge is 0.472 e. The van der Waals surface area contributed by atoms with Crippen LogP contribution in [0, 0.1) is 28.1 Å². The molecule has 2 saturated carbocycles. The van der Waals surface area contributed by atoms with Crippen LogP contribution in [0.25, 0.3) is 0 Å². The number of hydrogen-bond acceptors (Lipinski definition) is 8. The zero-order chi connectivity index (χ0) is 29.5. The van der Waals surface area contributed by atoms with Gasteiger partial charge in [0.1, 0.15) is 18.5 Å². The minimum Gasteiger partial charge on any atom is -0.472 e. The van der Waals surface area contributed by atoms with Gasteiger partial charge in [-0.3, -0.25) is 4.79 Å². The SMILES string of the molecule is CC=C(C)C(=O)O[C@@H]1C[C@@H](OC(C)=O)[C@]2(C)CO[C@@H]3[C@H]4O[C@H]5C[C@@H](c6ccoc6)C(C)=C5[C@@]4(C)[C@@H](CC=O)[C@@]1(C)[C@@H]32. The fourth-order valence-corrected chi connectivity index (χ4v) is 9.94. The highest BCUT2D eigenvalue weighted by Crippen LogP contribution is 2.73. The maximum Gasteiger partial charge on any atom is 0.333 e. The summed E-state index contributed by atoms with van der Waals surface area (Å²) in [6, 6.07) is 2.01. The Kier molecular flexibility index (Phi) is 6.70. The van der Waals surface area contributed by atoms with E-state index in [0.717, 1.165) is 18.3 Å². The van der Waals surface area contributed by atoms with Crippen LogP contribution in [-0.2, 0) is 33.3 Å². The Morgan fingerprint density at radius 1 is 1.12 bits per heavy atom. The van der Waals surface area contributed by atoms with Crippen molar-refractivity contribution < 1.29 is 37.7 Å². The summed E-state index contributed by atoms with van der Waals surface area (Å²) >= 11 is 0. The molecule has 5 aliphatic rings. The molecule has 0 amide bonds. The summed E-state index contributed by atoms with van der Waals surface area (Å²) in [7, 11) is 0. The van der Waals surface area contributed by atoms with Gasteiger partial charge in [-0.2, -0.15) is 0 Å². The monoisotopic (exact) mass is 566 g/mol. The van der Waals surface area contributed by atoms with E-state index in [4.69, 9.17) is 23.4 Å². The van der Waals surface area contributed by atoms with Gasteiger partial charge in [0, 0.05) is 53.4 Å². The first-order valence-corrected chi connectivity index (χ1v) is 14.9. The van der Waals surface area contributed by atoms with Crippen LogP contribution in [0.1, 0.15) is 79.2 Å². The van der Waals surface area contributed by atoms with Gasteiger partial charge in [0.05, 0.1) is 37.4 Å². The molecule has 3 aliphatic carbocycles. The fraction of sp³-hybridized carbons (Fsp3) is 0.667. The van der Waals surface area contributed by atoms with Crippen LogP contribution in [0.4, 0.5) is 0 Å². The third kappa shape index (κ3) is 3.75. The normalized spacial score (nSPS) is 44.7. The van der Waals surface area contributed by atoms with Gasteiger partial charge in [-0.25, -0.2) is 4.79 Å². The number of esters is 2. The molecule has 0 radical (unpaired) electrons. The standard InChI is InChI=1S/C33H42O8/c1-8-17(2)30(36)41-25-14-24(39-19(4)35)31(5)16-38-27-28(31)32(25,6)23(9-11-34)33(7)26-18(3)21(20-10-12-37-15-20)13-22(26)40-29(27)33/h8,10-12,15,21-25,27-29H,9,13-14,16H2,1-7H3/t21-,22+,23+,24-,25-,27+,28+,29-,31+,32-,33-/m1/s1. The van der Waals surface area contributed by atoms with Crippen LogP contribution in [0.3, 0.4) is 0 Å². The van der Waals surface area contributed by atoms with E-state index in [1.807, 2.05) is 13.0 Å². The van der Waals surface area contributed by atoms with Crippen molar-refractivity contribution in [1.29, 1.82) is 0 Å². The molecule has 4 fully saturated rings. The number of hydrogen-bond donors (Lipinski definition) is 0. The minimum absolute atomic E-state index is 0.103. The Morgan fingerprint density at radius 3 is 2.51 bits per heavy atom. The fourth-order valence-electron chi connectivity index (χ4n) is 9.94. The molecule has 222 valence electrons. The van der Waals surface area contributed by atoms with Gasteiger partial charge in [-0.15, -0.1) is 0 Å². The summed E-state index contributed by atoms with van der Waals surface area (Å²) in [5, 5.41) is 0. The molecule has 0 bridgehead atoms. The molecule has 0 N–H and O–H groups in total. The lowest BCUT2D eigenvalue weighted by Gasteiger charge is -2.65. The van der Waals surface area contributed by atoms with Crippen molar-refractivity contribution >= 4 is 18.2 Å². The van der Waals surface area contributed by atoms with E-state index in [1.165, 1.54) is 18.1 Å². The van der Waals surface area contributed by atoms with E-state index in [0.29, 0.717) is 25.0 Å². The molecule has 3 heterocycles. The van der Waals surface area contributed by atoms with E-state index in [2.05, 4.69) is 27.7 Å². The summed E-state index contributed by atoms with van der Waals surface area (Å²) in [4.78, 5) is 38.1. The van der Waals surface area contributed by atoms with Crippen LogP contribution in [0.2, 0.25) is 0 Å². The number of aldehydes is 1. The summed E-state index contributed by atoms with van der Waals surface area (Å²) in [6.07, 6.45) is 5.91. The first-order valence-electron chi connectivity index (χ1n) is 14.9. The predicted octanol–water partition coefficient (Wildman–Crippen LogP) is 5.32. The van der Waals surface area contributed by atoms with Crippen molar-refractivity contribution in [3.8, 4) is 0 Å². The highest BCUT2D eigenvalue weighted by molar-refractivity contribution is 5.87. The second kappa shape index (κ2) is 9.66. The van der Waals surface area contributed by atoms with Gasteiger partial charge in [-0.1, -0.05) is 32.4 Å². The molecule has 41 heavy (non-hydrogen) atoms. The first-order chi connectivity index (χ1) is 19.4. The number of carbonyl (C=O) groups excluding carboxylic acids is 3. The highest BCUT2D eigenvalue weighted by Gasteiger charge is 2.78. The van der Waals surface area contributed by atoms with E-state index in [1.54, 1.807) is 25.5 Å². The molecule has 2 saturated heterocycles. The Balaban J connectivity index is 1.52. The van der Waals surface area contributed by atoms with Crippen LogP contribution in [0.15, 0.2) is 45.8 Å². The topological polar surface area (TPSA) is 101 Å². The molecule has 11 atom stereocenters. The average molecular weight is 567 g/mol. The quantitative estimate of drug-likeness (QED) is 0.197. The Labute approximate surface area is 241 Å². The van der Waals surface area contributed by atoms with Gasteiger partial charge < -0.3 is 28.2 Å². The maximum absolute atomic E-state index is 13.3. The van der Waals surface area contributed by atoms with E-state index in [-0.39, 0.29) is 42.0 Å². The average Bonchev–Trinajstić information content (AvgIpc) is 3.69. The second-order valence-corrected chi connectivity index (χ2v) is 13.5. The molecular weight excluding hydrogens is 524 g/mol. The first kappa shape index (κ1) is 28.4. The molecular formula is C33H42O8. The van der Waals surface area contributed by atoms with Crippen molar-refractivity contribution in [2.24, 2.45) is 28.1 Å². The van der Waals surface area contributed by atoms with Crippen molar-refractivity contribution in [3.63, 3.8) is 0 Å². The molecule has 6 rings (SSSR count). The molecule has 0 aromatic carbocycles. The molecule has 1 aromatic heterocycles. The number of ether oxygens (including phenoxy) is 4. The number of carbonyl (C=O) groups is 3. The summed E-state index contributed by atoms with van der Waals surface area (Å²) < 4.78 is 31.4. The van der Waals surface area contributed by atoms with Crippen molar-refractivity contribution in [2.45, 2.75) is 104 Å². The zero-order valence-corrected chi connectivity index (χ0v) is 25.1. The van der Waals surface area contributed by atoms with Gasteiger partial charge in [0.15, 0.2) is 0 Å². The smallest absolute Gasteiger partial charge is 0.333 e. The summed E-state index contributed by atoms with van der Waals surface area (Å²) in [6.45, 7) is 14.1. The number of fused-ring (bicyclic) bond motifs is 4. The van der Waals surface area contributed by atoms with Gasteiger partial charge in [0.2, 0.25) is 0 Å². The lowest BCUT2D eigenvalue weighted by atomic mass is 9.40. The van der Waals surface area contributed by atoms with Crippen molar-refractivity contribution in [3.05, 3.63) is 47.0 Å². The van der Waals surface area contributed by atoms with Crippen LogP contribution in [-0.4, -0.2) is 55.4 Å². The third-order valence-electron chi connectivity index (χ3n) is 11.7. The third-order valence-corrected chi connectivity index (χ3v) is 11.7. The molecule has 8 nitrogen and oxygen atoms in total. The van der Waals surface area contributed by atoms with Crippen molar-refractivity contribution in [1.82, 2.24) is 0 Å². The van der Waals surface area contributed by atoms with Gasteiger partial charge >= 0.3 is 11.9 Å². The number of allylic oxidation sites excluding steroid dienone is 2. The van der Waals surface area contributed by atoms with Crippen LogP contribution < -0.4 is 0 Å². The molecule has 8 heteroatoms. The summed E-state index contributed by atoms with van der Waals surface area (Å²) in [5.74, 6) is -0.951. The van der Waals surface area contributed by atoms with Gasteiger partial charge in [0.25, 0.3) is 0 Å². The van der Waals surface area contributed by atoms with Crippen LogP contribution >= 0.6 is 0 Å². The van der Waals surface area contributed by atoms with Gasteiger partial charge in [-0.05, 0) is 50.3 Å². The molecule has 1 aromatic rings. The molecule has 0 spiro atoms. The minimum atomic E-state index is -0.651. The Morgan fingerprint density at radius 2 is 1.88 bits per heavy atom. The highest BCUT2D eigenvalue weighted by atomic mass is 16.6. The lowest BCUT2D eigenvalue weighted by Crippen LogP contribution is -2.71. The maximum atomic E-state index is 13.3.